The molecule has 0 saturated carbocycles. The minimum atomic E-state index is -0.349. The number of carbonyl (C=O) groups excluding carboxylic acids is 1. The molecule has 0 spiro atoms. The van der Waals surface area contributed by atoms with Crippen LogP contribution in [0.3, 0.4) is 0 Å². The molecule has 2 aromatic carbocycles. The van der Waals surface area contributed by atoms with Crippen molar-refractivity contribution >= 4 is 34.8 Å². The summed E-state index contributed by atoms with van der Waals surface area (Å²) < 4.78 is 0. The molecule has 1 unspecified atom stereocenters. The van der Waals surface area contributed by atoms with Gasteiger partial charge in [-0.2, -0.15) is 0 Å². The molecule has 5 nitrogen and oxygen atoms in total. The van der Waals surface area contributed by atoms with Crippen molar-refractivity contribution < 1.29 is 9.90 Å². The summed E-state index contributed by atoms with van der Waals surface area (Å²) in [5, 5.41) is 16.7. The number of aliphatic hydroxyl groups excluding tert-OH is 1. The molecular weight excluding hydrogens is 445 g/mol. The van der Waals surface area contributed by atoms with E-state index in [-0.39, 0.29) is 22.9 Å². The number of allylic oxidation sites excluding steroid dienone is 1. The van der Waals surface area contributed by atoms with Crippen molar-refractivity contribution in [2.75, 3.05) is 11.9 Å². The van der Waals surface area contributed by atoms with Gasteiger partial charge in [0.05, 0.1) is 27.6 Å². The van der Waals surface area contributed by atoms with Crippen LogP contribution in [0.15, 0.2) is 54.4 Å². The van der Waals surface area contributed by atoms with Gasteiger partial charge in [-0.15, -0.1) is 0 Å². The van der Waals surface area contributed by atoms with Gasteiger partial charge in [-0.25, -0.2) is 0 Å². The third kappa shape index (κ3) is 7.44. The fraction of sp³-hybridized carbons (Fsp3) is 0.400. The van der Waals surface area contributed by atoms with Crippen LogP contribution in [0.25, 0.3) is 0 Å². The molecule has 0 bridgehead atoms. The summed E-state index contributed by atoms with van der Waals surface area (Å²) in [4.78, 5) is 12.5. The van der Waals surface area contributed by atoms with E-state index >= 15 is 0 Å². The van der Waals surface area contributed by atoms with Crippen LogP contribution in [0.5, 0.6) is 0 Å². The number of halogens is 2. The van der Waals surface area contributed by atoms with Gasteiger partial charge in [0.15, 0.2) is 0 Å². The van der Waals surface area contributed by atoms with Crippen LogP contribution < -0.4 is 16.4 Å². The Labute approximate surface area is 201 Å². The number of carbonyl (C=O) groups is 1. The molecule has 174 valence electrons. The average molecular weight is 478 g/mol. The highest BCUT2D eigenvalue weighted by Crippen LogP contribution is 2.31. The van der Waals surface area contributed by atoms with Crippen molar-refractivity contribution in [1.29, 1.82) is 0 Å². The predicted molar refractivity (Wildman–Crippen MR) is 135 cm³/mol. The van der Waals surface area contributed by atoms with Gasteiger partial charge in [0.2, 0.25) is 0 Å². The number of hydrogen-bond acceptors (Lipinski definition) is 4. The Balaban J connectivity index is 1.96. The van der Waals surface area contributed by atoms with E-state index in [9.17, 15) is 9.90 Å². The summed E-state index contributed by atoms with van der Waals surface area (Å²) in [5.74, 6) is -0.349. The minimum Gasteiger partial charge on any atom is -0.514 e. The van der Waals surface area contributed by atoms with Crippen LogP contribution in [-0.2, 0) is 6.42 Å². The number of anilines is 1. The van der Waals surface area contributed by atoms with E-state index in [0.29, 0.717) is 22.3 Å². The molecular formula is C25H33Cl2N3O2. The molecule has 32 heavy (non-hydrogen) atoms. The van der Waals surface area contributed by atoms with Gasteiger partial charge in [-0.1, -0.05) is 61.7 Å². The van der Waals surface area contributed by atoms with E-state index in [1.54, 1.807) is 18.2 Å². The van der Waals surface area contributed by atoms with Crippen LogP contribution in [0.2, 0.25) is 10.0 Å². The quantitative estimate of drug-likeness (QED) is 0.225. The molecule has 2 aromatic rings. The molecule has 7 heteroatoms. The topological polar surface area (TPSA) is 87.4 Å². The van der Waals surface area contributed by atoms with Crippen molar-refractivity contribution in [2.45, 2.75) is 52.5 Å². The minimum absolute atomic E-state index is 0.115. The Kier molecular flexibility index (Phi) is 9.88. The zero-order valence-corrected chi connectivity index (χ0v) is 20.4. The first kappa shape index (κ1) is 26.0. The lowest BCUT2D eigenvalue weighted by Gasteiger charge is -2.30. The van der Waals surface area contributed by atoms with Gasteiger partial charge < -0.3 is 21.5 Å². The highest BCUT2D eigenvalue weighted by Gasteiger charge is 2.24. The number of aliphatic hydroxyl groups is 1. The molecule has 0 radical (unpaired) electrons. The lowest BCUT2D eigenvalue weighted by atomic mass is 9.83. The third-order valence-corrected chi connectivity index (χ3v) is 6.09. The molecule has 0 aliphatic heterocycles. The Bertz CT molecular complexity index is 907. The molecule has 0 fully saturated rings. The maximum Gasteiger partial charge on any atom is 0.258 e. The van der Waals surface area contributed by atoms with Crippen LogP contribution in [-0.4, -0.2) is 23.6 Å². The van der Waals surface area contributed by atoms with Crippen molar-refractivity contribution in [2.24, 2.45) is 11.1 Å². The maximum absolute atomic E-state index is 12.5. The molecule has 1 amide bonds. The first-order valence-electron chi connectivity index (χ1n) is 10.8. The van der Waals surface area contributed by atoms with Crippen LogP contribution in [0.4, 0.5) is 5.69 Å². The Morgan fingerprint density at radius 2 is 1.75 bits per heavy atom. The van der Waals surface area contributed by atoms with E-state index in [4.69, 9.17) is 28.9 Å². The van der Waals surface area contributed by atoms with Gasteiger partial charge in [-0.05, 0) is 62.6 Å². The zero-order chi connectivity index (χ0) is 23.7. The monoisotopic (exact) mass is 477 g/mol. The molecule has 1 atom stereocenters. The Morgan fingerprint density at radius 1 is 1.12 bits per heavy atom. The van der Waals surface area contributed by atoms with Crippen molar-refractivity contribution in [3.05, 3.63) is 75.6 Å². The second-order valence-corrected chi connectivity index (χ2v) is 9.48. The van der Waals surface area contributed by atoms with Gasteiger partial charge in [-0.3, -0.25) is 4.79 Å². The highest BCUT2D eigenvalue weighted by atomic mass is 35.5. The van der Waals surface area contributed by atoms with Crippen LogP contribution in [0.1, 0.15) is 56.0 Å². The molecule has 0 saturated heterocycles. The summed E-state index contributed by atoms with van der Waals surface area (Å²) in [6.07, 6.45) is 4.88. The fourth-order valence-corrected chi connectivity index (χ4v) is 4.12. The second kappa shape index (κ2) is 12.1. The van der Waals surface area contributed by atoms with Crippen molar-refractivity contribution in [3.8, 4) is 0 Å². The highest BCUT2D eigenvalue weighted by molar-refractivity contribution is 6.40. The molecule has 0 aliphatic carbocycles. The van der Waals surface area contributed by atoms with Gasteiger partial charge in [0.25, 0.3) is 5.91 Å². The number of rotatable bonds is 11. The first-order valence-corrected chi connectivity index (χ1v) is 11.6. The second-order valence-electron chi connectivity index (χ2n) is 8.67. The summed E-state index contributed by atoms with van der Waals surface area (Å²) in [6.45, 7) is 7.00. The Morgan fingerprint density at radius 3 is 2.31 bits per heavy atom. The SMILES string of the molecule is CC(Cc1ccc(NC(=O)c2c(Cl)cccc2Cl)cc1)NC(=CO)C(C)(C)CCCCN. The number of nitrogens with two attached hydrogens (primary N) is 1. The number of amides is 1. The smallest absolute Gasteiger partial charge is 0.258 e. The molecule has 0 aromatic heterocycles. The normalized spacial score (nSPS) is 13.0. The lowest BCUT2D eigenvalue weighted by Crippen LogP contribution is -2.34. The summed E-state index contributed by atoms with van der Waals surface area (Å²) in [7, 11) is 0. The standard InChI is InChI=1S/C25H33Cl2N3O2/c1-17(29-22(16-31)25(2,3)13-4-5-14-28)15-18-9-11-19(12-10-18)30-24(32)23-20(26)7-6-8-21(23)27/h6-12,16-17,29,31H,4-5,13-15,28H2,1-3H3,(H,30,32). The summed E-state index contributed by atoms with van der Waals surface area (Å²) in [6, 6.07) is 12.7. The number of unbranched alkanes of at least 4 members (excludes halogenated alkanes) is 1. The van der Waals surface area contributed by atoms with E-state index in [1.165, 1.54) is 6.26 Å². The summed E-state index contributed by atoms with van der Waals surface area (Å²) in [5.41, 5.74) is 8.29. The van der Waals surface area contributed by atoms with E-state index in [2.05, 4.69) is 31.4 Å². The van der Waals surface area contributed by atoms with Gasteiger partial charge in [0, 0.05) is 17.1 Å². The number of benzene rings is 2. The number of nitrogens with one attached hydrogen (secondary N) is 2. The van der Waals surface area contributed by atoms with Gasteiger partial charge >= 0.3 is 0 Å². The molecule has 5 N–H and O–H groups in total. The van der Waals surface area contributed by atoms with Crippen LogP contribution >= 0.6 is 23.2 Å². The van der Waals surface area contributed by atoms with E-state index in [0.717, 1.165) is 36.9 Å². The maximum atomic E-state index is 12.5. The van der Waals surface area contributed by atoms with E-state index in [1.807, 2.05) is 24.3 Å². The predicted octanol–water partition coefficient (Wildman–Crippen LogP) is 6.32. The molecule has 0 heterocycles. The van der Waals surface area contributed by atoms with Gasteiger partial charge in [0.1, 0.15) is 0 Å². The average Bonchev–Trinajstić information content (AvgIpc) is 2.73. The Hall–Kier alpha value is -2.21. The van der Waals surface area contributed by atoms with Crippen molar-refractivity contribution in [1.82, 2.24) is 5.32 Å². The molecule has 2 rings (SSSR count). The third-order valence-electron chi connectivity index (χ3n) is 5.46. The van der Waals surface area contributed by atoms with Crippen molar-refractivity contribution in [3.63, 3.8) is 0 Å². The first-order chi connectivity index (χ1) is 15.2. The largest absolute Gasteiger partial charge is 0.514 e. The summed E-state index contributed by atoms with van der Waals surface area (Å²) >= 11 is 12.2. The fourth-order valence-electron chi connectivity index (χ4n) is 3.56. The van der Waals surface area contributed by atoms with Crippen LogP contribution in [0, 0.1) is 5.41 Å². The zero-order valence-electron chi connectivity index (χ0n) is 18.9. The number of hydrogen-bond donors (Lipinski definition) is 4. The lowest BCUT2D eigenvalue weighted by molar-refractivity contribution is 0.102. The molecule has 0 aliphatic rings. The van der Waals surface area contributed by atoms with E-state index < -0.39 is 0 Å².